The molecule has 1 aromatic rings. The zero-order valence-electron chi connectivity index (χ0n) is 11.1. The highest BCUT2D eigenvalue weighted by atomic mass is 32.1. The number of carboxylic acid groups (broad SMARTS) is 1. The average Bonchev–Trinajstić information content (AvgIpc) is 2.81. The lowest BCUT2D eigenvalue weighted by atomic mass is 9.84. The highest BCUT2D eigenvalue weighted by molar-refractivity contribution is 7.15. The highest BCUT2D eigenvalue weighted by Crippen LogP contribution is 2.38. The number of hydrogen-bond acceptors (Lipinski definition) is 4. The second kappa shape index (κ2) is 3.94. The van der Waals surface area contributed by atoms with Crippen molar-refractivity contribution in [2.75, 3.05) is 0 Å². The van der Waals surface area contributed by atoms with E-state index in [0.29, 0.717) is 14.7 Å². The molecule has 1 radical (unpaired) electrons. The van der Waals surface area contributed by atoms with E-state index in [1.165, 1.54) is 12.1 Å². The van der Waals surface area contributed by atoms with Crippen LogP contribution in [0.4, 0.5) is 0 Å². The number of hydroxylamine groups is 3. The van der Waals surface area contributed by atoms with Crippen molar-refractivity contribution in [3.05, 3.63) is 27.1 Å². The second-order valence-corrected chi connectivity index (χ2v) is 6.58. The Morgan fingerprint density at radius 2 is 1.95 bits per heavy atom. The Morgan fingerprint density at radius 3 is 2.32 bits per heavy atom. The summed E-state index contributed by atoms with van der Waals surface area (Å²) >= 11 is 0.927. The minimum atomic E-state index is -1.07. The number of thiophene rings is 1. The molecule has 1 aromatic heterocycles. The number of amidine groups is 1. The molecule has 1 aliphatic rings. The molecule has 1 N–H and O–H groups in total. The Morgan fingerprint density at radius 1 is 1.37 bits per heavy atom. The van der Waals surface area contributed by atoms with Crippen LogP contribution in [-0.2, 0) is 5.21 Å². The monoisotopic (exact) mass is 283 g/mol. The minimum Gasteiger partial charge on any atom is -0.714 e. The molecule has 7 heteroatoms. The smallest absolute Gasteiger partial charge is 0.345 e. The van der Waals surface area contributed by atoms with Gasteiger partial charge >= 0.3 is 11.8 Å². The molecule has 0 saturated heterocycles. The van der Waals surface area contributed by atoms with E-state index in [1.807, 2.05) is 0 Å². The summed E-state index contributed by atoms with van der Waals surface area (Å²) < 4.78 is 0.678. The summed E-state index contributed by atoms with van der Waals surface area (Å²) in [6.45, 7) is 6.79. The van der Waals surface area contributed by atoms with Gasteiger partial charge in [-0.3, -0.25) is 4.74 Å². The maximum Gasteiger partial charge on any atom is 0.345 e. The van der Waals surface area contributed by atoms with Crippen molar-refractivity contribution in [2.45, 2.75) is 38.8 Å². The maximum atomic E-state index is 12.3. The summed E-state index contributed by atoms with van der Waals surface area (Å²) in [5, 5.41) is 34.2. The van der Waals surface area contributed by atoms with Crippen LogP contribution in [0.1, 0.15) is 42.2 Å². The minimum absolute atomic E-state index is 0.0208. The topological polar surface area (TPSA) is 86.5 Å². The van der Waals surface area contributed by atoms with Crippen LogP contribution < -0.4 is 0 Å². The zero-order chi connectivity index (χ0) is 14.6. The first-order chi connectivity index (χ1) is 8.60. The Balaban J connectivity index is 2.55. The van der Waals surface area contributed by atoms with E-state index in [0.717, 1.165) is 11.3 Å². The largest absolute Gasteiger partial charge is 0.714 e. The Hall–Kier alpha value is -1.60. The summed E-state index contributed by atoms with van der Waals surface area (Å²) in [6.07, 6.45) is 0. The molecule has 0 unspecified atom stereocenters. The SMILES string of the molecule is CC1(C)N([O])C(c2ccc(C(=O)O)s2)=[N+]([O-])C1(C)C. The molecule has 0 saturated carbocycles. The fourth-order valence-corrected chi connectivity index (χ4v) is 2.74. The summed E-state index contributed by atoms with van der Waals surface area (Å²) in [4.78, 5) is 11.3. The van der Waals surface area contributed by atoms with Crippen molar-refractivity contribution in [3.8, 4) is 0 Å². The van der Waals surface area contributed by atoms with E-state index >= 15 is 0 Å². The lowest BCUT2D eigenvalue weighted by molar-refractivity contribution is -0.539. The number of nitrogens with zero attached hydrogens (tertiary/aromatic N) is 2. The van der Waals surface area contributed by atoms with E-state index in [2.05, 4.69) is 0 Å². The van der Waals surface area contributed by atoms with Crippen molar-refractivity contribution >= 4 is 23.1 Å². The molecule has 0 spiro atoms. The van der Waals surface area contributed by atoms with Crippen molar-refractivity contribution < 1.29 is 19.8 Å². The Bertz CT molecular complexity index is 574. The van der Waals surface area contributed by atoms with Crippen LogP contribution in [0.25, 0.3) is 0 Å². The van der Waals surface area contributed by atoms with Crippen molar-refractivity contribution in [1.29, 1.82) is 0 Å². The Kier molecular flexibility index (Phi) is 2.87. The molecule has 1 aliphatic heterocycles. The fourth-order valence-electron chi connectivity index (χ4n) is 1.88. The number of aromatic carboxylic acids is 1. The van der Waals surface area contributed by atoms with Gasteiger partial charge in [-0.15, -0.1) is 11.3 Å². The zero-order valence-corrected chi connectivity index (χ0v) is 11.9. The van der Waals surface area contributed by atoms with Gasteiger partial charge in [-0.2, -0.15) is 0 Å². The molecular weight excluding hydrogens is 268 g/mol. The predicted octanol–water partition coefficient (Wildman–Crippen LogP) is 1.92. The van der Waals surface area contributed by atoms with Crippen LogP contribution in [-0.4, -0.2) is 37.8 Å². The third kappa shape index (κ3) is 1.73. The van der Waals surface area contributed by atoms with E-state index in [-0.39, 0.29) is 10.7 Å². The number of carbonyl (C=O) groups is 1. The van der Waals surface area contributed by atoms with Crippen molar-refractivity contribution in [2.24, 2.45) is 0 Å². The van der Waals surface area contributed by atoms with Crippen LogP contribution in [0.3, 0.4) is 0 Å². The molecular formula is C12H15N2O4S. The molecule has 0 amide bonds. The third-order valence-corrected chi connectivity index (χ3v) is 5.00. The molecule has 2 rings (SSSR count). The fraction of sp³-hybridized carbons (Fsp3) is 0.500. The number of carboxylic acids is 1. The van der Waals surface area contributed by atoms with Gasteiger partial charge in [-0.1, -0.05) is 5.06 Å². The van der Waals surface area contributed by atoms with Gasteiger partial charge in [0.2, 0.25) is 0 Å². The average molecular weight is 283 g/mol. The van der Waals surface area contributed by atoms with E-state index < -0.39 is 17.0 Å². The first-order valence-corrected chi connectivity index (χ1v) is 6.57. The molecule has 0 fully saturated rings. The normalized spacial score (nSPS) is 21.0. The summed E-state index contributed by atoms with van der Waals surface area (Å²) in [5.74, 6) is -1.09. The maximum absolute atomic E-state index is 12.3. The van der Waals surface area contributed by atoms with Gasteiger partial charge < -0.3 is 10.3 Å². The first-order valence-electron chi connectivity index (χ1n) is 5.76. The van der Waals surface area contributed by atoms with Crippen molar-refractivity contribution in [3.63, 3.8) is 0 Å². The molecule has 6 nitrogen and oxygen atoms in total. The number of hydrogen-bond donors (Lipinski definition) is 1. The van der Waals surface area contributed by atoms with Crippen LogP contribution >= 0.6 is 11.3 Å². The molecule has 2 heterocycles. The molecule has 19 heavy (non-hydrogen) atoms. The van der Waals surface area contributed by atoms with Crippen LogP contribution in [0.5, 0.6) is 0 Å². The molecule has 0 bridgehead atoms. The van der Waals surface area contributed by atoms with Gasteiger partial charge in [0.25, 0.3) is 0 Å². The van der Waals surface area contributed by atoms with Gasteiger partial charge in [0.05, 0.1) is 0 Å². The lowest BCUT2D eigenvalue weighted by Gasteiger charge is -2.32. The standard InChI is InChI=1S/C12H15N2O4S/c1-11(2)12(3,4)14(18)9(13(11)17)7-5-6-8(19-7)10(15)16/h5-6H,1-4H3,(H,15,16). The quantitative estimate of drug-likeness (QED) is 0.663. The number of rotatable bonds is 2. The van der Waals surface area contributed by atoms with Gasteiger partial charge in [0, 0.05) is 5.21 Å². The van der Waals surface area contributed by atoms with Crippen LogP contribution in [0, 0.1) is 5.21 Å². The summed E-state index contributed by atoms with van der Waals surface area (Å²) in [6, 6.07) is 2.89. The predicted molar refractivity (Wildman–Crippen MR) is 69.7 cm³/mol. The summed E-state index contributed by atoms with van der Waals surface area (Å²) in [7, 11) is 0. The van der Waals surface area contributed by atoms with Gasteiger partial charge in [0.15, 0.2) is 5.54 Å². The third-order valence-electron chi connectivity index (χ3n) is 3.93. The molecule has 0 atom stereocenters. The van der Waals surface area contributed by atoms with E-state index in [4.69, 9.17) is 5.11 Å². The molecule has 0 aliphatic carbocycles. The van der Waals surface area contributed by atoms with Gasteiger partial charge in [-0.05, 0) is 39.8 Å². The van der Waals surface area contributed by atoms with Gasteiger partial charge in [0.1, 0.15) is 15.3 Å². The van der Waals surface area contributed by atoms with Crippen LogP contribution in [0.2, 0.25) is 0 Å². The lowest BCUT2D eigenvalue weighted by Crippen LogP contribution is -2.53. The van der Waals surface area contributed by atoms with Gasteiger partial charge in [-0.25, -0.2) is 4.79 Å². The van der Waals surface area contributed by atoms with E-state index in [1.54, 1.807) is 27.7 Å². The second-order valence-electron chi connectivity index (χ2n) is 5.50. The highest BCUT2D eigenvalue weighted by Gasteiger charge is 2.60. The first kappa shape index (κ1) is 13.8. The molecule has 103 valence electrons. The molecule has 0 aromatic carbocycles. The summed E-state index contributed by atoms with van der Waals surface area (Å²) in [5.41, 5.74) is -1.78. The van der Waals surface area contributed by atoms with E-state index in [9.17, 15) is 15.2 Å². The van der Waals surface area contributed by atoms with Crippen molar-refractivity contribution in [1.82, 2.24) is 5.06 Å². The van der Waals surface area contributed by atoms with Crippen LogP contribution in [0.15, 0.2) is 12.1 Å². The Labute approximate surface area is 114 Å².